The zero-order valence-corrected chi connectivity index (χ0v) is 17.3. The Morgan fingerprint density at radius 1 is 0.967 bits per heavy atom. The molecule has 1 amide bonds. The van der Waals surface area contributed by atoms with Gasteiger partial charge in [0.15, 0.2) is 11.5 Å². The fourth-order valence-electron chi connectivity index (χ4n) is 2.60. The first-order valence-corrected chi connectivity index (χ1v) is 9.49. The van der Waals surface area contributed by atoms with Gasteiger partial charge >= 0.3 is 0 Å². The van der Waals surface area contributed by atoms with Gasteiger partial charge in [-0.05, 0) is 65.7 Å². The molecule has 3 rings (SSSR count). The lowest BCUT2D eigenvalue weighted by atomic mass is 10.2. The number of benzene rings is 3. The fraction of sp³-hybridized carbons (Fsp3) is 0.130. The van der Waals surface area contributed by atoms with Gasteiger partial charge in [0, 0.05) is 10.6 Å². The van der Waals surface area contributed by atoms with Crippen molar-refractivity contribution in [2.45, 2.75) is 6.61 Å². The van der Waals surface area contributed by atoms with E-state index in [1.54, 1.807) is 50.6 Å². The highest BCUT2D eigenvalue weighted by Crippen LogP contribution is 2.28. The number of hydrazone groups is 1. The van der Waals surface area contributed by atoms with Gasteiger partial charge in [0.05, 0.1) is 20.4 Å². The number of carbonyl (C=O) groups excluding carboxylic acids is 1. The van der Waals surface area contributed by atoms with Crippen LogP contribution in [0.5, 0.6) is 17.2 Å². The van der Waals surface area contributed by atoms with Gasteiger partial charge in [-0.2, -0.15) is 5.10 Å². The molecule has 7 heteroatoms. The molecule has 1 N–H and O–H groups in total. The summed E-state index contributed by atoms with van der Waals surface area (Å²) in [6, 6.07) is 19.6. The van der Waals surface area contributed by atoms with Crippen molar-refractivity contribution in [2.24, 2.45) is 5.10 Å². The zero-order chi connectivity index (χ0) is 21.3. The summed E-state index contributed by atoms with van der Waals surface area (Å²) < 4.78 is 16.3. The molecule has 0 fully saturated rings. The quantitative estimate of drug-likeness (QED) is 0.420. The van der Waals surface area contributed by atoms with Crippen LogP contribution in [0.3, 0.4) is 0 Å². The normalized spacial score (nSPS) is 10.6. The number of hydrogen-bond donors (Lipinski definition) is 1. The third-order valence-corrected chi connectivity index (χ3v) is 4.48. The molecule has 0 aliphatic carbocycles. The lowest BCUT2D eigenvalue weighted by Gasteiger charge is -2.11. The Kier molecular flexibility index (Phi) is 7.29. The molecule has 0 unspecified atom stereocenters. The molecule has 0 heterocycles. The van der Waals surface area contributed by atoms with Gasteiger partial charge in [0.1, 0.15) is 12.4 Å². The van der Waals surface area contributed by atoms with Gasteiger partial charge in [-0.1, -0.05) is 23.7 Å². The zero-order valence-electron chi connectivity index (χ0n) is 16.6. The maximum absolute atomic E-state index is 12.1. The maximum atomic E-state index is 12.1. The SMILES string of the molecule is COc1ccc(C(=O)N/N=C/c2ccc(OCc3ccc(Cl)cc3)c(OC)c2)cc1. The van der Waals surface area contributed by atoms with Gasteiger partial charge < -0.3 is 14.2 Å². The van der Waals surface area contributed by atoms with E-state index in [1.807, 2.05) is 30.3 Å². The minimum Gasteiger partial charge on any atom is -0.497 e. The van der Waals surface area contributed by atoms with E-state index in [1.165, 1.54) is 6.21 Å². The van der Waals surface area contributed by atoms with Crippen molar-refractivity contribution in [3.63, 3.8) is 0 Å². The number of rotatable bonds is 8. The van der Waals surface area contributed by atoms with E-state index in [-0.39, 0.29) is 5.91 Å². The van der Waals surface area contributed by atoms with Gasteiger partial charge in [-0.15, -0.1) is 0 Å². The first kappa shape index (κ1) is 21.2. The van der Waals surface area contributed by atoms with Crippen molar-refractivity contribution in [3.8, 4) is 17.2 Å². The van der Waals surface area contributed by atoms with E-state index in [4.69, 9.17) is 25.8 Å². The highest BCUT2D eigenvalue weighted by atomic mass is 35.5. The number of halogens is 1. The predicted molar refractivity (Wildman–Crippen MR) is 117 cm³/mol. The van der Waals surface area contributed by atoms with Crippen LogP contribution in [0.1, 0.15) is 21.5 Å². The fourth-order valence-corrected chi connectivity index (χ4v) is 2.72. The van der Waals surface area contributed by atoms with Crippen LogP contribution in [-0.2, 0) is 6.61 Å². The molecular weight excluding hydrogens is 404 g/mol. The second kappa shape index (κ2) is 10.3. The van der Waals surface area contributed by atoms with E-state index in [2.05, 4.69) is 10.5 Å². The second-order valence-electron chi connectivity index (χ2n) is 6.25. The number of nitrogens with one attached hydrogen (secondary N) is 1. The minimum absolute atomic E-state index is 0.316. The summed E-state index contributed by atoms with van der Waals surface area (Å²) in [4.78, 5) is 12.1. The first-order valence-electron chi connectivity index (χ1n) is 9.12. The topological polar surface area (TPSA) is 69.2 Å². The van der Waals surface area contributed by atoms with Crippen LogP contribution in [-0.4, -0.2) is 26.3 Å². The monoisotopic (exact) mass is 424 g/mol. The third-order valence-electron chi connectivity index (χ3n) is 4.23. The summed E-state index contributed by atoms with van der Waals surface area (Å²) in [6.45, 7) is 0.388. The summed E-state index contributed by atoms with van der Waals surface area (Å²) in [5.41, 5.74) is 4.72. The first-order chi connectivity index (χ1) is 14.6. The number of hydrogen-bond acceptors (Lipinski definition) is 5. The lowest BCUT2D eigenvalue weighted by molar-refractivity contribution is 0.0955. The molecule has 0 saturated carbocycles. The summed E-state index contributed by atoms with van der Waals surface area (Å²) in [7, 11) is 3.14. The van der Waals surface area contributed by atoms with Crippen LogP contribution in [0.2, 0.25) is 5.02 Å². The van der Waals surface area contributed by atoms with Gasteiger partial charge in [0.25, 0.3) is 5.91 Å². The molecular formula is C23H21ClN2O4. The second-order valence-corrected chi connectivity index (χ2v) is 6.69. The van der Waals surface area contributed by atoms with Crippen molar-refractivity contribution in [1.29, 1.82) is 0 Å². The Morgan fingerprint density at radius 3 is 2.37 bits per heavy atom. The van der Waals surface area contributed by atoms with Crippen molar-refractivity contribution >= 4 is 23.7 Å². The minimum atomic E-state index is -0.316. The molecule has 0 spiro atoms. The van der Waals surface area contributed by atoms with E-state index < -0.39 is 0 Å². The number of methoxy groups -OCH3 is 2. The summed E-state index contributed by atoms with van der Waals surface area (Å²) in [6.07, 6.45) is 1.53. The standard InChI is InChI=1S/C23H21ClN2O4/c1-28-20-10-6-18(7-11-20)23(27)26-25-14-17-5-12-21(22(13-17)29-2)30-15-16-3-8-19(24)9-4-16/h3-14H,15H2,1-2H3,(H,26,27)/b25-14+. The largest absolute Gasteiger partial charge is 0.497 e. The highest BCUT2D eigenvalue weighted by Gasteiger charge is 2.07. The van der Waals surface area contributed by atoms with Crippen LogP contribution < -0.4 is 19.6 Å². The summed E-state index contributed by atoms with van der Waals surface area (Å²) >= 11 is 5.90. The number of nitrogens with zero attached hydrogens (tertiary/aromatic N) is 1. The Labute approximate surface area is 180 Å². The van der Waals surface area contributed by atoms with Crippen molar-refractivity contribution in [2.75, 3.05) is 14.2 Å². The molecule has 30 heavy (non-hydrogen) atoms. The predicted octanol–water partition coefficient (Wildman–Crippen LogP) is 4.70. The van der Waals surface area contributed by atoms with Crippen LogP contribution in [0.15, 0.2) is 71.8 Å². The number of carbonyl (C=O) groups is 1. The van der Waals surface area contributed by atoms with Crippen LogP contribution in [0.4, 0.5) is 0 Å². The number of amides is 1. The molecule has 3 aromatic carbocycles. The molecule has 0 aliphatic heterocycles. The molecule has 0 aromatic heterocycles. The molecule has 154 valence electrons. The Balaban J connectivity index is 1.60. The molecule has 6 nitrogen and oxygen atoms in total. The smallest absolute Gasteiger partial charge is 0.271 e. The van der Waals surface area contributed by atoms with E-state index in [9.17, 15) is 4.79 Å². The molecule has 0 bridgehead atoms. The van der Waals surface area contributed by atoms with E-state index in [0.717, 1.165) is 11.1 Å². The Bertz CT molecular complexity index is 1020. The Hall–Kier alpha value is -3.51. The molecule has 3 aromatic rings. The summed E-state index contributed by atoms with van der Waals surface area (Å²) in [5, 5.41) is 4.68. The van der Waals surface area contributed by atoms with E-state index in [0.29, 0.717) is 34.4 Å². The molecule has 0 aliphatic rings. The van der Waals surface area contributed by atoms with Gasteiger partial charge in [-0.3, -0.25) is 4.79 Å². The molecule has 0 saturated heterocycles. The molecule has 0 radical (unpaired) electrons. The van der Waals surface area contributed by atoms with Gasteiger partial charge in [0.2, 0.25) is 0 Å². The van der Waals surface area contributed by atoms with Crippen molar-refractivity contribution < 1.29 is 19.0 Å². The third kappa shape index (κ3) is 5.75. The lowest BCUT2D eigenvalue weighted by Crippen LogP contribution is -2.17. The average molecular weight is 425 g/mol. The average Bonchev–Trinajstić information content (AvgIpc) is 2.79. The van der Waals surface area contributed by atoms with Crippen LogP contribution in [0.25, 0.3) is 0 Å². The Morgan fingerprint density at radius 2 is 1.70 bits per heavy atom. The highest BCUT2D eigenvalue weighted by molar-refractivity contribution is 6.30. The molecule has 0 atom stereocenters. The van der Waals surface area contributed by atoms with Crippen LogP contribution >= 0.6 is 11.6 Å². The van der Waals surface area contributed by atoms with Crippen LogP contribution in [0, 0.1) is 0 Å². The van der Waals surface area contributed by atoms with Crippen molar-refractivity contribution in [3.05, 3.63) is 88.4 Å². The number of ether oxygens (including phenoxy) is 3. The van der Waals surface area contributed by atoms with Gasteiger partial charge in [-0.25, -0.2) is 5.43 Å². The van der Waals surface area contributed by atoms with E-state index >= 15 is 0 Å². The van der Waals surface area contributed by atoms with Crippen molar-refractivity contribution in [1.82, 2.24) is 5.43 Å². The summed E-state index contributed by atoms with van der Waals surface area (Å²) in [5.74, 6) is 1.53. The maximum Gasteiger partial charge on any atom is 0.271 e.